The molecule has 188 valence electrons. The highest BCUT2D eigenvalue weighted by atomic mass is 16.6. The monoisotopic (exact) mass is 508 g/mol. The molecule has 5 rings (SSSR count). The van der Waals surface area contributed by atoms with Crippen molar-refractivity contribution in [1.82, 2.24) is 4.98 Å². The number of rotatable bonds is 7. The number of benzene rings is 4. The Morgan fingerprint density at radius 2 is 1.71 bits per heavy atom. The van der Waals surface area contributed by atoms with E-state index in [0.717, 1.165) is 39.9 Å². The number of nitro benzene ring substituents is 2. The number of aromatic nitrogens is 1. The Morgan fingerprint density at radius 1 is 0.921 bits per heavy atom. The lowest BCUT2D eigenvalue weighted by atomic mass is 10.1. The molecule has 0 saturated carbocycles. The molecule has 0 atom stereocenters. The molecule has 0 amide bonds. The van der Waals surface area contributed by atoms with Gasteiger partial charge in [-0.05, 0) is 79.1 Å². The van der Waals surface area contributed by atoms with Crippen molar-refractivity contribution in [3.05, 3.63) is 116 Å². The zero-order valence-electron chi connectivity index (χ0n) is 20.3. The molecule has 10 heteroatoms. The van der Waals surface area contributed by atoms with Crippen molar-refractivity contribution in [2.45, 2.75) is 13.8 Å². The van der Waals surface area contributed by atoms with E-state index in [1.54, 1.807) is 30.5 Å². The van der Waals surface area contributed by atoms with Crippen LogP contribution in [-0.2, 0) is 0 Å². The summed E-state index contributed by atoms with van der Waals surface area (Å²) in [5.74, 6) is 0.756. The fourth-order valence-electron chi connectivity index (χ4n) is 3.97. The molecule has 0 aliphatic rings. The van der Waals surface area contributed by atoms with E-state index in [1.807, 2.05) is 44.2 Å². The van der Waals surface area contributed by atoms with Crippen molar-refractivity contribution in [1.29, 1.82) is 0 Å². The molecule has 0 N–H and O–H groups in total. The Balaban J connectivity index is 1.33. The first kappa shape index (κ1) is 24.3. The van der Waals surface area contributed by atoms with Crippen LogP contribution < -0.4 is 4.74 Å². The lowest BCUT2D eigenvalue weighted by molar-refractivity contribution is -0.394. The summed E-state index contributed by atoms with van der Waals surface area (Å²) in [6, 6.07) is 21.5. The highest BCUT2D eigenvalue weighted by Crippen LogP contribution is 2.34. The van der Waals surface area contributed by atoms with Gasteiger partial charge in [-0.25, -0.2) is 4.98 Å². The van der Waals surface area contributed by atoms with E-state index >= 15 is 0 Å². The van der Waals surface area contributed by atoms with Crippen molar-refractivity contribution >= 4 is 34.4 Å². The predicted molar refractivity (Wildman–Crippen MR) is 142 cm³/mol. The highest BCUT2D eigenvalue weighted by molar-refractivity contribution is 5.83. The number of ether oxygens (including phenoxy) is 1. The van der Waals surface area contributed by atoms with Crippen LogP contribution in [0.25, 0.3) is 22.6 Å². The second kappa shape index (κ2) is 9.94. The number of aryl methyl sites for hydroxylation is 2. The summed E-state index contributed by atoms with van der Waals surface area (Å²) >= 11 is 0. The Hall–Kier alpha value is -5.38. The number of hydrogen-bond donors (Lipinski definition) is 0. The number of oxazole rings is 1. The average molecular weight is 508 g/mol. The molecule has 5 aromatic rings. The molecule has 0 fully saturated rings. The van der Waals surface area contributed by atoms with E-state index in [4.69, 9.17) is 9.15 Å². The van der Waals surface area contributed by atoms with E-state index in [0.29, 0.717) is 22.9 Å². The summed E-state index contributed by atoms with van der Waals surface area (Å²) in [4.78, 5) is 30.0. The van der Waals surface area contributed by atoms with Gasteiger partial charge in [0.2, 0.25) is 11.6 Å². The smallest absolute Gasteiger partial charge is 0.318 e. The van der Waals surface area contributed by atoms with Gasteiger partial charge in [-0.15, -0.1) is 0 Å². The summed E-state index contributed by atoms with van der Waals surface area (Å²) in [7, 11) is 0. The number of hydrogen-bond acceptors (Lipinski definition) is 8. The molecule has 4 aromatic carbocycles. The third-order valence-electron chi connectivity index (χ3n) is 5.73. The maximum atomic E-state index is 11.4. The molecule has 10 nitrogen and oxygen atoms in total. The average Bonchev–Trinajstić information content (AvgIpc) is 3.32. The molecule has 1 heterocycles. The van der Waals surface area contributed by atoms with Gasteiger partial charge >= 0.3 is 5.69 Å². The van der Waals surface area contributed by atoms with Gasteiger partial charge in [0.25, 0.3) is 5.69 Å². The zero-order chi connectivity index (χ0) is 26.8. The molecule has 0 saturated heterocycles. The first-order valence-electron chi connectivity index (χ1n) is 11.5. The van der Waals surface area contributed by atoms with E-state index < -0.39 is 21.2 Å². The largest absolute Gasteiger partial charge is 0.450 e. The van der Waals surface area contributed by atoms with Gasteiger partial charge in [0.15, 0.2) is 5.58 Å². The van der Waals surface area contributed by atoms with Crippen molar-refractivity contribution in [2.24, 2.45) is 4.99 Å². The van der Waals surface area contributed by atoms with Crippen LogP contribution in [0.4, 0.5) is 17.1 Å². The van der Waals surface area contributed by atoms with Gasteiger partial charge in [-0.1, -0.05) is 18.2 Å². The zero-order valence-corrected chi connectivity index (χ0v) is 20.3. The minimum Gasteiger partial charge on any atom is -0.450 e. The molecular weight excluding hydrogens is 488 g/mol. The van der Waals surface area contributed by atoms with Gasteiger partial charge in [-0.2, -0.15) is 0 Å². The van der Waals surface area contributed by atoms with Crippen LogP contribution in [0, 0.1) is 34.1 Å². The predicted octanol–water partition coefficient (Wildman–Crippen LogP) is 7.47. The molecule has 1 aromatic heterocycles. The standard InChI is InChI=1S/C28H20N4O6/c1-17-12-18(2)27-24(13-17)30-28(38-27)20-6-8-21(9-7-20)29-16-19-4-3-5-23(14-19)37-26-11-10-22(31(33)34)15-25(26)32(35)36/h3-16H,1-2H3. The maximum absolute atomic E-state index is 11.4. The van der Waals surface area contributed by atoms with Crippen LogP contribution in [0.5, 0.6) is 11.5 Å². The Labute approximate surface area is 216 Å². The highest BCUT2D eigenvalue weighted by Gasteiger charge is 2.21. The topological polar surface area (TPSA) is 134 Å². The first-order chi connectivity index (χ1) is 18.3. The molecule has 0 radical (unpaired) electrons. The maximum Gasteiger partial charge on any atom is 0.318 e. The molecule has 38 heavy (non-hydrogen) atoms. The molecule has 0 aliphatic heterocycles. The number of nitrogens with zero attached hydrogens (tertiary/aromatic N) is 4. The van der Waals surface area contributed by atoms with Gasteiger partial charge < -0.3 is 9.15 Å². The fourth-order valence-corrected chi connectivity index (χ4v) is 3.97. The number of fused-ring (bicyclic) bond motifs is 1. The molecule has 0 aliphatic carbocycles. The lowest BCUT2D eigenvalue weighted by Crippen LogP contribution is -1.96. The number of aliphatic imine (C=N–C) groups is 1. The molecule has 0 unspecified atom stereocenters. The third-order valence-corrected chi connectivity index (χ3v) is 5.73. The molecule has 0 bridgehead atoms. The summed E-state index contributed by atoms with van der Waals surface area (Å²) in [6.45, 7) is 4.02. The van der Waals surface area contributed by atoms with Crippen LogP contribution in [0.2, 0.25) is 0 Å². The Bertz CT molecular complexity index is 1720. The van der Waals surface area contributed by atoms with Crippen molar-refractivity contribution in [3.63, 3.8) is 0 Å². The van der Waals surface area contributed by atoms with Crippen molar-refractivity contribution < 1.29 is 19.0 Å². The Morgan fingerprint density at radius 3 is 2.45 bits per heavy atom. The fraction of sp³-hybridized carbons (Fsp3) is 0.0714. The van der Waals surface area contributed by atoms with E-state index in [2.05, 4.69) is 16.0 Å². The second-order valence-electron chi connectivity index (χ2n) is 8.59. The molecular formula is C28H20N4O6. The van der Waals surface area contributed by atoms with Crippen LogP contribution in [0.15, 0.2) is 88.3 Å². The van der Waals surface area contributed by atoms with Gasteiger partial charge in [0.1, 0.15) is 11.3 Å². The number of non-ortho nitro benzene ring substituents is 1. The van der Waals surface area contributed by atoms with Gasteiger partial charge in [0.05, 0.1) is 21.6 Å². The van der Waals surface area contributed by atoms with Crippen LogP contribution in [0.1, 0.15) is 16.7 Å². The van der Waals surface area contributed by atoms with Crippen LogP contribution in [0.3, 0.4) is 0 Å². The van der Waals surface area contributed by atoms with E-state index in [-0.39, 0.29) is 5.75 Å². The normalized spacial score (nSPS) is 11.2. The number of nitro groups is 2. The third kappa shape index (κ3) is 5.09. The quantitative estimate of drug-likeness (QED) is 0.126. The van der Waals surface area contributed by atoms with E-state index in [9.17, 15) is 20.2 Å². The van der Waals surface area contributed by atoms with Crippen molar-refractivity contribution in [2.75, 3.05) is 0 Å². The Kier molecular flexibility index (Phi) is 6.36. The molecule has 0 spiro atoms. The van der Waals surface area contributed by atoms with Crippen molar-refractivity contribution in [3.8, 4) is 23.0 Å². The van der Waals surface area contributed by atoms with Gasteiger partial charge in [0, 0.05) is 17.8 Å². The SMILES string of the molecule is Cc1cc(C)c2oc(-c3ccc(N=Cc4cccc(Oc5ccc([N+](=O)[O-])cc5[N+](=O)[O-])c4)cc3)nc2c1. The first-order valence-corrected chi connectivity index (χ1v) is 11.5. The second-order valence-corrected chi connectivity index (χ2v) is 8.59. The van der Waals surface area contributed by atoms with Crippen LogP contribution >= 0.6 is 0 Å². The summed E-state index contributed by atoms with van der Waals surface area (Å²) in [5.41, 5.74) is 5.09. The van der Waals surface area contributed by atoms with Gasteiger partial charge in [-0.3, -0.25) is 25.2 Å². The summed E-state index contributed by atoms with van der Waals surface area (Å²) in [5, 5.41) is 22.3. The summed E-state index contributed by atoms with van der Waals surface area (Å²) in [6.07, 6.45) is 1.64. The minimum absolute atomic E-state index is 0.102. The van der Waals surface area contributed by atoms with E-state index in [1.165, 1.54) is 6.07 Å². The van der Waals surface area contributed by atoms with Crippen LogP contribution in [-0.4, -0.2) is 21.0 Å². The lowest BCUT2D eigenvalue weighted by Gasteiger charge is -2.07. The summed E-state index contributed by atoms with van der Waals surface area (Å²) < 4.78 is 11.6. The minimum atomic E-state index is -0.722.